The molecule has 0 spiro atoms. The Bertz CT molecular complexity index is 2260. The van der Waals surface area contributed by atoms with E-state index in [0.717, 1.165) is 18.4 Å². The van der Waals surface area contributed by atoms with Gasteiger partial charge in [-0.15, -0.1) is 0 Å². The number of carbonyl (C=O) groups excluding carboxylic acids is 4. The van der Waals surface area contributed by atoms with E-state index in [2.05, 4.69) is 10.6 Å². The zero-order valence-corrected chi connectivity index (χ0v) is 27.0. The van der Waals surface area contributed by atoms with E-state index in [-0.39, 0.29) is 53.6 Å². The van der Waals surface area contributed by atoms with E-state index in [4.69, 9.17) is 0 Å². The van der Waals surface area contributed by atoms with Gasteiger partial charge in [0.1, 0.15) is 24.0 Å². The second kappa shape index (κ2) is 12.0. The maximum atomic E-state index is 15.4. The molecule has 0 bridgehead atoms. The summed E-state index contributed by atoms with van der Waals surface area (Å²) in [7, 11) is -2.68. The molecule has 1 unspecified atom stereocenters. The van der Waals surface area contributed by atoms with Gasteiger partial charge in [-0.05, 0) is 85.6 Å². The van der Waals surface area contributed by atoms with Gasteiger partial charge in [0.15, 0.2) is 5.82 Å². The number of imide groups is 1. The lowest BCUT2D eigenvalue weighted by Crippen LogP contribution is -2.44. The van der Waals surface area contributed by atoms with Crippen molar-refractivity contribution in [2.45, 2.75) is 37.6 Å². The summed E-state index contributed by atoms with van der Waals surface area (Å²) in [4.78, 5) is 63.8. The third-order valence-electron chi connectivity index (χ3n) is 9.45. The van der Waals surface area contributed by atoms with Crippen molar-refractivity contribution in [2.24, 2.45) is 7.05 Å². The number of rotatable bonds is 6. The number of fused-ring (bicyclic) bond motifs is 2. The number of anilines is 2. The van der Waals surface area contributed by atoms with Crippen LogP contribution in [0.15, 0.2) is 47.3 Å². The highest BCUT2D eigenvalue weighted by Gasteiger charge is 2.38. The van der Waals surface area contributed by atoms with Gasteiger partial charge in [-0.25, -0.2) is 18.2 Å². The molecule has 0 saturated carbocycles. The predicted molar refractivity (Wildman–Crippen MR) is 176 cm³/mol. The Morgan fingerprint density at radius 2 is 1.76 bits per heavy atom. The number of likely N-dealkylation sites (tertiary alicyclic amines) is 1. The molecule has 0 radical (unpaired) electrons. The van der Waals surface area contributed by atoms with Crippen molar-refractivity contribution in [1.82, 2.24) is 24.1 Å². The van der Waals surface area contributed by atoms with E-state index in [0.29, 0.717) is 34.1 Å². The fourth-order valence-corrected chi connectivity index (χ4v) is 8.15. The molecule has 17 heteroatoms. The van der Waals surface area contributed by atoms with Gasteiger partial charge in [0.05, 0.1) is 17.6 Å². The molecule has 4 amide bonds. The summed E-state index contributed by atoms with van der Waals surface area (Å²) < 4.78 is 45.0. The molecule has 3 aliphatic heterocycles. The van der Waals surface area contributed by atoms with Crippen molar-refractivity contribution in [3.63, 3.8) is 0 Å². The SMILES string of the molecule is Cn1c(=O)n(C2CCC(=O)NC2=O)c2ccc(C3CCN(CC(=O)Nc4ccc5c(F)c(N6CC(=O)NS6(=O)=O)c(O)cc5c4)CC3)cc21. The van der Waals surface area contributed by atoms with Crippen LogP contribution in [0, 0.1) is 5.82 Å². The number of hydrogen-bond donors (Lipinski definition) is 4. The number of piperidine rings is 2. The smallest absolute Gasteiger partial charge is 0.329 e. The van der Waals surface area contributed by atoms with Crippen molar-refractivity contribution >= 4 is 67.0 Å². The highest BCUT2D eigenvalue weighted by atomic mass is 32.2. The first kappa shape index (κ1) is 32.3. The Morgan fingerprint density at radius 3 is 2.45 bits per heavy atom. The minimum Gasteiger partial charge on any atom is -0.506 e. The Hall–Kier alpha value is -5.29. The summed E-state index contributed by atoms with van der Waals surface area (Å²) in [6.07, 6.45) is 1.96. The maximum Gasteiger partial charge on any atom is 0.329 e. The molecular formula is C32H32FN7O8S. The van der Waals surface area contributed by atoms with Gasteiger partial charge in [-0.1, -0.05) is 6.07 Å². The Morgan fingerprint density at radius 1 is 1.00 bits per heavy atom. The summed E-state index contributed by atoms with van der Waals surface area (Å²) >= 11 is 0. The maximum absolute atomic E-state index is 15.4. The lowest BCUT2D eigenvalue weighted by Gasteiger charge is -2.31. The molecule has 3 aliphatic rings. The molecule has 3 fully saturated rings. The van der Waals surface area contributed by atoms with Crippen LogP contribution in [0.1, 0.15) is 43.2 Å². The van der Waals surface area contributed by atoms with Crippen molar-refractivity contribution in [2.75, 3.05) is 35.8 Å². The number of phenolic OH excluding ortho intramolecular Hbond substituents is 1. The third-order valence-corrected chi connectivity index (χ3v) is 10.8. The monoisotopic (exact) mass is 693 g/mol. The van der Waals surface area contributed by atoms with Crippen LogP contribution in [0.25, 0.3) is 21.8 Å². The molecule has 7 rings (SSSR count). The first-order valence-corrected chi connectivity index (χ1v) is 17.1. The summed E-state index contributed by atoms with van der Waals surface area (Å²) in [5.74, 6) is -3.48. The Kier molecular flexibility index (Phi) is 7.90. The van der Waals surface area contributed by atoms with Gasteiger partial charge >= 0.3 is 15.9 Å². The number of hydrogen-bond acceptors (Lipinski definition) is 9. The second-order valence-electron chi connectivity index (χ2n) is 12.6. The normalized spacial score (nSPS) is 20.2. The zero-order valence-electron chi connectivity index (χ0n) is 26.2. The highest BCUT2D eigenvalue weighted by Crippen LogP contribution is 2.39. The van der Waals surface area contributed by atoms with Crippen molar-refractivity contribution in [3.8, 4) is 5.75 Å². The van der Waals surface area contributed by atoms with Crippen molar-refractivity contribution < 1.29 is 37.1 Å². The van der Waals surface area contributed by atoms with Gasteiger partial charge in [-0.2, -0.15) is 8.42 Å². The molecule has 49 heavy (non-hydrogen) atoms. The third kappa shape index (κ3) is 5.78. The van der Waals surface area contributed by atoms with E-state index in [9.17, 15) is 37.5 Å². The van der Waals surface area contributed by atoms with E-state index in [1.54, 1.807) is 11.8 Å². The average Bonchev–Trinajstić information content (AvgIpc) is 3.46. The van der Waals surface area contributed by atoms with Gasteiger partial charge in [0.25, 0.3) is 5.91 Å². The lowest BCUT2D eigenvalue weighted by molar-refractivity contribution is -0.135. The molecule has 256 valence electrons. The molecule has 1 aromatic heterocycles. The molecule has 1 atom stereocenters. The predicted octanol–water partition coefficient (Wildman–Crippen LogP) is 1.31. The summed E-state index contributed by atoms with van der Waals surface area (Å²) in [6.45, 7) is 0.728. The van der Waals surface area contributed by atoms with Crippen LogP contribution in [0.2, 0.25) is 0 Å². The molecular weight excluding hydrogens is 661 g/mol. The largest absolute Gasteiger partial charge is 0.506 e. The topological polar surface area (TPSA) is 192 Å². The standard InChI is InChI=1S/C32H32FN7O8S/c1-37-24-13-18(2-5-22(24)40(32(37)46)23-6-7-26(42)35-31(23)45)17-8-10-38(11-9-17)15-27(43)34-20-3-4-21-19(12-20)14-25(41)30(29(21)33)39-16-28(44)36-49(39,47)48/h2-5,12-14,17,23,41H,6-11,15-16H2,1H3,(H,34,43)(H,36,44)(H,35,42,45). The Balaban J connectivity index is 0.995. The number of nitrogens with zero attached hydrogens (tertiary/aromatic N) is 4. The average molecular weight is 694 g/mol. The summed E-state index contributed by atoms with van der Waals surface area (Å²) in [5.41, 5.74) is 1.76. The number of aromatic hydroxyl groups is 1. The highest BCUT2D eigenvalue weighted by molar-refractivity contribution is 7.92. The fraction of sp³-hybridized carbons (Fsp3) is 0.344. The first-order chi connectivity index (χ1) is 23.3. The number of amides is 4. The number of aryl methyl sites for hydroxylation is 1. The molecule has 4 N–H and O–H groups in total. The van der Waals surface area contributed by atoms with Gasteiger partial charge in [-0.3, -0.25) is 38.5 Å². The van der Waals surface area contributed by atoms with E-state index in [1.165, 1.54) is 33.4 Å². The van der Waals surface area contributed by atoms with Crippen LogP contribution in [-0.4, -0.2) is 77.4 Å². The first-order valence-electron chi connectivity index (χ1n) is 15.7. The van der Waals surface area contributed by atoms with Crippen LogP contribution in [0.5, 0.6) is 5.75 Å². The number of halogens is 1. The quantitative estimate of drug-likeness (QED) is 0.216. The van der Waals surface area contributed by atoms with Gasteiger partial charge < -0.3 is 10.4 Å². The van der Waals surface area contributed by atoms with E-state index < -0.39 is 51.9 Å². The minimum absolute atomic E-state index is 0.00628. The van der Waals surface area contributed by atoms with Crippen LogP contribution in [0.3, 0.4) is 0 Å². The number of imidazole rings is 1. The lowest BCUT2D eigenvalue weighted by atomic mass is 9.89. The fourth-order valence-electron chi connectivity index (χ4n) is 6.99. The van der Waals surface area contributed by atoms with Gasteiger partial charge in [0.2, 0.25) is 17.7 Å². The number of aromatic nitrogens is 2. The van der Waals surface area contributed by atoms with Crippen LogP contribution in [0.4, 0.5) is 15.8 Å². The number of nitrogens with one attached hydrogen (secondary N) is 3. The zero-order chi connectivity index (χ0) is 34.8. The van der Waals surface area contributed by atoms with Crippen molar-refractivity contribution in [3.05, 3.63) is 64.3 Å². The number of phenols is 1. The van der Waals surface area contributed by atoms with Crippen LogP contribution >= 0.6 is 0 Å². The molecule has 15 nitrogen and oxygen atoms in total. The summed E-state index contributed by atoms with van der Waals surface area (Å²) in [5, 5.41) is 15.8. The Labute approximate surface area is 278 Å². The molecule has 3 saturated heterocycles. The molecule has 4 aromatic rings. The molecule has 0 aliphatic carbocycles. The number of benzene rings is 3. The van der Waals surface area contributed by atoms with Crippen molar-refractivity contribution in [1.29, 1.82) is 0 Å². The van der Waals surface area contributed by atoms with Gasteiger partial charge in [0, 0.05) is 24.5 Å². The summed E-state index contributed by atoms with van der Waals surface area (Å²) in [6, 6.07) is 10.5. The van der Waals surface area contributed by atoms with E-state index >= 15 is 4.39 Å². The minimum atomic E-state index is -4.34. The second-order valence-corrected chi connectivity index (χ2v) is 14.2. The van der Waals surface area contributed by atoms with Crippen LogP contribution in [-0.2, 0) is 36.4 Å². The van der Waals surface area contributed by atoms with Crippen LogP contribution < -0.4 is 25.4 Å². The molecule has 4 heterocycles. The number of carbonyl (C=O) groups is 4. The molecule has 3 aromatic carbocycles. The van der Waals surface area contributed by atoms with E-state index in [1.807, 2.05) is 23.1 Å².